The molecule has 78 valence electrons. The van der Waals surface area contributed by atoms with Crippen LogP contribution in [0.25, 0.3) is 0 Å². The maximum absolute atomic E-state index is 5.46. The summed E-state index contributed by atoms with van der Waals surface area (Å²) >= 11 is 0. The van der Waals surface area contributed by atoms with Crippen LogP contribution in [0, 0.1) is 0 Å². The Hall–Kier alpha value is -0.120. The maximum atomic E-state index is 5.46. The largest absolute Gasteiger partial charge is 0.341 e. The van der Waals surface area contributed by atoms with Crippen molar-refractivity contribution < 1.29 is 9.47 Å². The summed E-state index contributed by atoms with van der Waals surface area (Å²) in [5.41, 5.74) is 0. The molecule has 0 amide bonds. The van der Waals surface area contributed by atoms with Crippen LogP contribution in [0.5, 0.6) is 0 Å². The zero-order valence-electron chi connectivity index (χ0n) is 9.01. The van der Waals surface area contributed by atoms with E-state index in [1.54, 1.807) is 14.2 Å². The van der Waals surface area contributed by atoms with Crippen molar-refractivity contribution in [3.8, 4) is 0 Å². The summed E-state index contributed by atoms with van der Waals surface area (Å²) in [6, 6.07) is 0. The van der Waals surface area contributed by atoms with Gasteiger partial charge in [-0.25, -0.2) is 0 Å². The molecule has 0 spiro atoms. The summed E-state index contributed by atoms with van der Waals surface area (Å²) in [6.07, 6.45) is 4.60. The quantitative estimate of drug-likeness (QED) is 0.613. The normalized spacial score (nSPS) is 22.4. The van der Waals surface area contributed by atoms with Crippen LogP contribution in [0.15, 0.2) is 0 Å². The third kappa shape index (κ3) is 2.22. The minimum atomic E-state index is -0.421. The molecule has 1 saturated heterocycles. The van der Waals surface area contributed by atoms with Crippen LogP contribution in [0.2, 0.25) is 0 Å². The average molecular weight is 187 g/mol. The first kappa shape index (κ1) is 11.0. The zero-order valence-corrected chi connectivity index (χ0v) is 9.01. The van der Waals surface area contributed by atoms with Crippen LogP contribution in [-0.2, 0) is 9.47 Å². The lowest BCUT2D eigenvalue weighted by Crippen LogP contribution is -2.47. The Morgan fingerprint density at radius 2 is 2.00 bits per heavy atom. The molecule has 1 rings (SSSR count). The second kappa shape index (κ2) is 4.94. The van der Waals surface area contributed by atoms with Crippen molar-refractivity contribution in [1.29, 1.82) is 0 Å². The fourth-order valence-corrected chi connectivity index (χ4v) is 2.00. The molecule has 0 aromatic carbocycles. The molecule has 1 aliphatic rings. The molecule has 0 aliphatic carbocycles. The van der Waals surface area contributed by atoms with Gasteiger partial charge < -0.3 is 9.47 Å². The van der Waals surface area contributed by atoms with E-state index in [0.717, 1.165) is 19.5 Å². The molecule has 0 saturated carbocycles. The van der Waals surface area contributed by atoms with Crippen LogP contribution < -0.4 is 0 Å². The van der Waals surface area contributed by atoms with E-state index in [1.807, 2.05) is 0 Å². The fraction of sp³-hybridized carbons (Fsp3) is 1.00. The Bertz CT molecular complexity index is 146. The molecule has 1 aliphatic heterocycles. The number of likely N-dealkylation sites (tertiary alicyclic amines) is 1. The van der Waals surface area contributed by atoms with Crippen LogP contribution >= 0.6 is 0 Å². The van der Waals surface area contributed by atoms with Gasteiger partial charge in [-0.05, 0) is 12.8 Å². The van der Waals surface area contributed by atoms with E-state index >= 15 is 0 Å². The van der Waals surface area contributed by atoms with Crippen LogP contribution in [0.4, 0.5) is 0 Å². The Morgan fingerprint density at radius 3 is 2.54 bits per heavy atom. The predicted octanol–water partition coefficient (Wildman–Crippen LogP) is 1.83. The second-order valence-electron chi connectivity index (χ2n) is 3.57. The average Bonchev–Trinajstić information content (AvgIpc) is 2.58. The van der Waals surface area contributed by atoms with Gasteiger partial charge in [-0.2, -0.15) is 0 Å². The molecule has 0 radical (unpaired) electrons. The highest BCUT2D eigenvalue weighted by Gasteiger charge is 2.40. The summed E-state index contributed by atoms with van der Waals surface area (Å²) in [7, 11) is 3.46. The van der Waals surface area contributed by atoms with Gasteiger partial charge in [-0.1, -0.05) is 13.3 Å². The minimum Gasteiger partial charge on any atom is -0.341 e. The van der Waals surface area contributed by atoms with Gasteiger partial charge in [0.1, 0.15) is 0 Å². The first-order valence-corrected chi connectivity index (χ1v) is 5.14. The Balaban J connectivity index is 2.50. The van der Waals surface area contributed by atoms with Crippen LogP contribution in [-0.4, -0.2) is 38.1 Å². The van der Waals surface area contributed by atoms with E-state index < -0.39 is 5.91 Å². The monoisotopic (exact) mass is 187 g/mol. The van der Waals surface area contributed by atoms with Gasteiger partial charge in [-0.15, -0.1) is 0 Å². The van der Waals surface area contributed by atoms with Crippen molar-refractivity contribution in [3.63, 3.8) is 0 Å². The standard InChI is InChI=1S/C10H21NO2/c1-4-5-8-11-9-6-7-10(11,12-2)13-3/h4-9H2,1-3H3. The number of unbranched alkanes of at least 4 members (excludes halogenated alkanes) is 1. The zero-order chi connectivity index (χ0) is 9.73. The van der Waals surface area contributed by atoms with Crippen molar-refractivity contribution in [3.05, 3.63) is 0 Å². The SMILES string of the molecule is CCCCN1CCCC1(OC)OC. The van der Waals surface area contributed by atoms with E-state index in [1.165, 1.54) is 19.3 Å². The van der Waals surface area contributed by atoms with Crippen LogP contribution in [0.3, 0.4) is 0 Å². The van der Waals surface area contributed by atoms with E-state index in [2.05, 4.69) is 11.8 Å². The fourth-order valence-electron chi connectivity index (χ4n) is 2.00. The molecule has 13 heavy (non-hydrogen) atoms. The van der Waals surface area contributed by atoms with Crippen molar-refractivity contribution in [1.82, 2.24) is 4.90 Å². The predicted molar refractivity (Wildman–Crippen MR) is 52.5 cm³/mol. The number of methoxy groups -OCH3 is 2. The molecule has 3 heteroatoms. The van der Waals surface area contributed by atoms with Gasteiger partial charge in [0.25, 0.3) is 0 Å². The highest BCUT2D eigenvalue weighted by molar-refractivity contribution is 4.79. The molecule has 0 atom stereocenters. The summed E-state index contributed by atoms with van der Waals surface area (Å²) in [5, 5.41) is 0. The van der Waals surface area contributed by atoms with Gasteiger partial charge in [0.2, 0.25) is 5.91 Å². The molecular weight excluding hydrogens is 166 g/mol. The van der Waals surface area contributed by atoms with Gasteiger partial charge in [0, 0.05) is 33.7 Å². The summed E-state index contributed by atoms with van der Waals surface area (Å²) in [4.78, 5) is 2.30. The highest BCUT2D eigenvalue weighted by Crippen LogP contribution is 2.30. The van der Waals surface area contributed by atoms with Crippen LogP contribution in [0.1, 0.15) is 32.6 Å². The number of hydrogen-bond acceptors (Lipinski definition) is 3. The smallest absolute Gasteiger partial charge is 0.229 e. The Morgan fingerprint density at radius 1 is 1.31 bits per heavy atom. The van der Waals surface area contributed by atoms with Crippen molar-refractivity contribution in [2.24, 2.45) is 0 Å². The molecule has 0 N–H and O–H groups in total. The number of nitrogens with zero attached hydrogens (tertiary/aromatic N) is 1. The van der Waals surface area contributed by atoms with Crippen molar-refractivity contribution >= 4 is 0 Å². The first-order valence-electron chi connectivity index (χ1n) is 5.14. The molecule has 0 unspecified atom stereocenters. The van der Waals surface area contributed by atoms with E-state index in [-0.39, 0.29) is 0 Å². The summed E-state index contributed by atoms with van der Waals surface area (Å²) in [6.45, 7) is 4.39. The van der Waals surface area contributed by atoms with Gasteiger partial charge in [0.05, 0.1) is 0 Å². The van der Waals surface area contributed by atoms with E-state index in [0.29, 0.717) is 0 Å². The van der Waals surface area contributed by atoms with Crippen molar-refractivity contribution in [2.45, 2.75) is 38.5 Å². The lowest BCUT2D eigenvalue weighted by atomic mass is 10.3. The number of ether oxygens (including phenoxy) is 2. The maximum Gasteiger partial charge on any atom is 0.229 e. The third-order valence-corrected chi connectivity index (χ3v) is 2.82. The first-order chi connectivity index (χ1) is 6.29. The Labute approximate surface area is 81.0 Å². The highest BCUT2D eigenvalue weighted by atomic mass is 16.7. The topological polar surface area (TPSA) is 21.7 Å². The summed E-state index contributed by atoms with van der Waals surface area (Å²) in [5.74, 6) is -0.421. The number of hydrogen-bond donors (Lipinski definition) is 0. The second-order valence-corrected chi connectivity index (χ2v) is 3.57. The molecule has 1 heterocycles. The number of rotatable bonds is 5. The minimum absolute atomic E-state index is 0.421. The Kier molecular flexibility index (Phi) is 4.16. The summed E-state index contributed by atoms with van der Waals surface area (Å²) < 4.78 is 10.9. The van der Waals surface area contributed by atoms with Gasteiger partial charge in [0.15, 0.2) is 0 Å². The molecule has 0 aromatic rings. The molecular formula is C10H21NO2. The van der Waals surface area contributed by atoms with E-state index in [4.69, 9.17) is 9.47 Å². The van der Waals surface area contributed by atoms with Gasteiger partial charge >= 0.3 is 0 Å². The lowest BCUT2D eigenvalue weighted by Gasteiger charge is -2.35. The van der Waals surface area contributed by atoms with Crippen molar-refractivity contribution in [2.75, 3.05) is 27.3 Å². The third-order valence-electron chi connectivity index (χ3n) is 2.82. The molecule has 0 bridgehead atoms. The van der Waals surface area contributed by atoms with E-state index in [9.17, 15) is 0 Å². The lowest BCUT2D eigenvalue weighted by molar-refractivity contribution is -0.278. The molecule has 1 fully saturated rings. The molecule has 0 aromatic heterocycles. The molecule has 3 nitrogen and oxygen atoms in total. The van der Waals surface area contributed by atoms with Gasteiger partial charge in [-0.3, -0.25) is 4.90 Å².